The standard InChI is InChI=1S/C22H28N2O/c1-25-21-11-9-19(10-12-21)17-24-15-13-18(14-16-24)5-4-7-20-6-2-3-8-22(20)23/h2-4,6-12,18H,5,13-17,23H2,1H3/b7-4+. The van der Waals surface area contributed by atoms with Crippen LogP contribution in [-0.2, 0) is 6.54 Å². The van der Waals surface area contributed by atoms with Gasteiger partial charge in [0.15, 0.2) is 0 Å². The molecule has 0 saturated carbocycles. The molecule has 1 saturated heterocycles. The maximum atomic E-state index is 5.98. The summed E-state index contributed by atoms with van der Waals surface area (Å²) in [5.74, 6) is 1.71. The molecule has 0 aliphatic carbocycles. The molecule has 2 N–H and O–H groups in total. The van der Waals surface area contributed by atoms with Crippen molar-refractivity contribution in [3.8, 4) is 5.75 Å². The van der Waals surface area contributed by atoms with E-state index >= 15 is 0 Å². The number of nitrogen functional groups attached to an aromatic ring is 1. The molecule has 1 aliphatic heterocycles. The molecule has 1 aliphatic rings. The van der Waals surface area contributed by atoms with Crippen LogP contribution in [0.15, 0.2) is 54.6 Å². The molecule has 3 heteroatoms. The van der Waals surface area contributed by atoms with E-state index in [0.717, 1.165) is 35.9 Å². The van der Waals surface area contributed by atoms with Crippen LogP contribution in [0.3, 0.4) is 0 Å². The number of likely N-dealkylation sites (tertiary alicyclic amines) is 1. The Morgan fingerprint density at radius 3 is 2.48 bits per heavy atom. The van der Waals surface area contributed by atoms with Gasteiger partial charge in [-0.1, -0.05) is 42.5 Å². The van der Waals surface area contributed by atoms with Crippen LogP contribution < -0.4 is 10.5 Å². The predicted octanol–water partition coefficient (Wildman–Crippen LogP) is 4.59. The van der Waals surface area contributed by atoms with Crippen LogP contribution in [0.25, 0.3) is 6.08 Å². The van der Waals surface area contributed by atoms with Crippen molar-refractivity contribution in [1.82, 2.24) is 4.90 Å². The average molecular weight is 336 g/mol. The summed E-state index contributed by atoms with van der Waals surface area (Å²) in [4.78, 5) is 2.55. The van der Waals surface area contributed by atoms with Gasteiger partial charge in [0.1, 0.15) is 5.75 Å². The summed E-state index contributed by atoms with van der Waals surface area (Å²) in [6.07, 6.45) is 8.13. The largest absolute Gasteiger partial charge is 0.497 e. The highest BCUT2D eigenvalue weighted by Gasteiger charge is 2.18. The zero-order chi connectivity index (χ0) is 17.5. The second-order valence-corrected chi connectivity index (χ2v) is 6.83. The molecule has 2 aromatic carbocycles. The third-order valence-corrected chi connectivity index (χ3v) is 5.04. The first-order chi connectivity index (χ1) is 12.2. The van der Waals surface area contributed by atoms with Gasteiger partial charge in [0.25, 0.3) is 0 Å². The molecule has 0 bridgehead atoms. The Hall–Kier alpha value is -2.26. The van der Waals surface area contributed by atoms with Gasteiger partial charge in [0.2, 0.25) is 0 Å². The fourth-order valence-electron chi connectivity index (χ4n) is 3.42. The van der Waals surface area contributed by atoms with Crippen LogP contribution in [0.1, 0.15) is 30.4 Å². The van der Waals surface area contributed by atoms with Crippen LogP contribution in [-0.4, -0.2) is 25.1 Å². The molecule has 2 aromatic rings. The van der Waals surface area contributed by atoms with Crippen molar-refractivity contribution < 1.29 is 4.74 Å². The Bertz CT molecular complexity index is 685. The summed E-state index contributed by atoms with van der Waals surface area (Å²) in [6, 6.07) is 16.5. The summed E-state index contributed by atoms with van der Waals surface area (Å²) < 4.78 is 5.22. The van der Waals surface area contributed by atoms with Gasteiger partial charge in [-0.2, -0.15) is 0 Å². The number of anilines is 1. The van der Waals surface area contributed by atoms with Crippen molar-refractivity contribution >= 4 is 11.8 Å². The SMILES string of the molecule is COc1ccc(CN2CCC(C/C=C/c3ccccc3N)CC2)cc1. The molecular formula is C22H28N2O. The van der Waals surface area contributed by atoms with E-state index in [1.807, 2.05) is 30.3 Å². The van der Waals surface area contributed by atoms with Crippen molar-refractivity contribution in [3.05, 3.63) is 65.7 Å². The summed E-state index contributed by atoms with van der Waals surface area (Å²) in [5.41, 5.74) is 9.32. The van der Waals surface area contributed by atoms with Crippen molar-refractivity contribution in [3.63, 3.8) is 0 Å². The molecule has 3 nitrogen and oxygen atoms in total. The predicted molar refractivity (Wildman–Crippen MR) is 106 cm³/mol. The van der Waals surface area contributed by atoms with Gasteiger partial charge >= 0.3 is 0 Å². The summed E-state index contributed by atoms with van der Waals surface area (Å²) in [6.45, 7) is 3.39. The monoisotopic (exact) mass is 336 g/mol. The van der Waals surface area contributed by atoms with Crippen molar-refractivity contribution in [2.75, 3.05) is 25.9 Å². The topological polar surface area (TPSA) is 38.5 Å². The fraction of sp³-hybridized carbons (Fsp3) is 0.364. The molecule has 0 spiro atoms. The number of nitrogens with two attached hydrogens (primary N) is 1. The quantitative estimate of drug-likeness (QED) is 0.784. The summed E-state index contributed by atoms with van der Waals surface area (Å²) >= 11 is 0. The van der Waals surface area contributed by atoms with Crippen LogP contribution in [0, 0.1) is 5.92 Å². The minimum Gasteiger partial charge on any atom is -0.497 e. The number of para-hydroxylation sites is 1. The first kappa shape index (κ1) is 17.6. The third-order valence-electron chi connectivity index (χ3n) is 5.04. The first-order valence-corrected chi connectivity index (χ1v) is 9.11. The average Bonchev–Trinajstić information content (AvgIpc) is 2.65. The maximum Gasteiger partial charge on any atom is 0.118 e. The van der Waals surface area contributed by atoms with E-state index in [2.05, 4.69) is 35.3 Å². The van der Waals surface area contributed by atoms with Crippen LogP contribution >= 0.6 is 0 Å². The van der Waals surface area contributed by atoms with Gasteiger partial charge in [0, 0.05) is 12.2 Å². The van der Waals surface area contributed by atoms with Crippen molar-refractivity contribution in [2.45, 2.75) is 25.8 Å². The number of ether oxygens (including phenoxy) is 1. The number of allylic oxidation sites excluding steroid dienone is 1. The molecule has 0 aromatic heterocycles. The first-order valence-electron chi connectivity index (χ1n) is 9.11. The van der Waals surface area contributed by atoms with Gasteiger partial charge in [-0.05, 0) is 67.6 Å². The zero-order valence-corrected chi connectivity index (χ0v) is 15.0. The fourth-order valence-corrected chi connectivity index (χ4v) is 3.42. The molecule has 0 radical (unpaired) electrons. The van der Waals surface area contributed by atoms with E-state index in [1.165, 1.54) is 31.5 Å². The maximum absolute atomic E-state index is 5.98. The molecule has 0 unspecified atom stereocenters. The Labute approximate surface area is 151 Å². The van der Waals surface area contributed by atoms with Crippen LogP contribution in [0.2, 0.25) is 0 Å². The van der Waals surface area contributed by atoms with E-state index < -0.39 is 0 Å². The van der Waals surface area contributed by atoms with Gasteiger partial charge < -0.3 is 10.5 Å². The minimum absolute atomic E-state index is 0.785. The summed E-state index contributed by atoms with van der Waals surface area (Å²) in [5, 5.41) is 0. The number of hydrogen-bond donors (Lipinski definition) is 1. The Morgan fingerprint density at radius 2 is 1.80 bits per heavy atom. The lowest BCUT2D eigenvalue weighted by atomic mass is 9.93. The number of rotatable bonds is 6. The molecular weight excluding hydrogens is 308 g/mol. The van der Waals surface area contributed by atoms with Crippen molar-refractivity contribution in [2.24, 2.45) is 5.92 Å². The second-order valence-electron chi connectivity index (χ2n) is 6.83. The van der Waals surface area contributed by atoms with E-state index in [1.54, 1.807) is 7.11 Å². The highest BCUT2D eigenvalue weighted by Crippen LogP contribution is 2.23. The highest BCUT2D eigenvalue weighted by atomic mass is 16.5. The number of benzene rings is 2. The minimum atomic E-state index is 0.785. The Morgan fingerprint density at radius 1 is 1.08 bits per heavy atom. The van der Waals surface area contributed by atoms with E-state index in [9.17, 15) is 0 Å². The Kier molecular flexibility index (Phi) is 6.13. The molecule has 1 fully saturated rings. The van der Waals surface area contributed by atoms with Crippen molar-refractivity contribution in [1.29, 1.82) is 0 Å². The second kappa shape index (κ2) is 8.72. The van der Waals surface area contributed by atoms with Crippen LogP contribution in [0.5, 0.6) is 5.75 Å². The molecule has 1 heterocycles. The smallest absolute Gasteiger partial charge is 0.118 e. The lowest BCUT2D eigenvalue weighted by Crippen LogP contribution is -2.33. The molecule has 0 atom stereocenters. The van der Waals surface area contributed by atoms with E-state index in [4.69, 9.17) is 10.5 Å². The van der Waals surface area contributed by atoms with Gasteiger partial charge in [0.05, 0.1) is 7.11 Å². The van der Waals surface area contributed by atoms with Gasteiger partial charge in [-0.25, -0.2) is 0 Å². The molecule has 25 heavy (non-hydrogen) atoms. The van der Waals surface area contributed by atoms with Gasteiger partial charge in [-0.15, -0.1) is 0 Å². The molecule has 132 valence electrons. The van der Waals surface area contributed by atoms with Gasteiger partial charge in [-0.3, -0.25) is 4.90 Å². The number of piperidine rings is 1. The normalized spacial score (nSPS) is 16.4. The third kappa shape index (κ3) is 5.10. The van der Waals surface area contributed by atoms with Crippen LogP contribution in [0.4, 0.5) is 5.69 Å². The molecule has 3 rings (SSSR count). The highest BCUT2D eigenvalue weighted by molar-refractivity contribution is 5.63. The summed E-state index contributed by atoms with van der Waals surface area (Å²) in [7, 11) is 1.71. The lowest BCUT2D eigenvalue weighted by molar-refractivity contribution is 0.178. The van der Waals surface area contributed by atoms with E-state index in [0.29, 0.717) is 0 Å². The zero-order valence-electron chi connectivity index (χ0n) is 15.0. The number of methoxy groups -OCH3 is 1. The Balaban J connectivity index is 1.43. The number of nitrogens with zero attached hydrogens (tertiary/aromatic N) is 1. The lowest BCUT2D eigenvalue weighted by Gasteiger charge is -2.31. The molecule has 0 amide bonds. The van der Waals surface area contributed by atoms with E-state index in [-0.39, 0.29) is 0 Å². The number of hydrogen-bond acceptors (Lipinski definition) is 3.